The average Bonchev–Trinajstić information content (AvgIpc) is 3.03. The highest BCUT2D eigenvalue weighted by Crippen LogP contribution is 2.43. The number of aliphatic hydroxyl groups is 1. The number of aliphatic hydroxyl groups excluding tert-OH is 1. The minimum absolute atomic E-state index is 0.0128. The van der Waals surface area contributed by atoms with Gasteiger partial charge in [0, 0.05) is 23.6 Å². The molecule has 1 atom stereocenters. The van der Waals surface area contributed by atoms with Crippen molar-refractivity contribution in [3.8, 4) is 0 Å². The van der Waals surface area contributed by atoms with Crippen LogP contribution in [0.4, 0.5) is 8.78 Å². The molecule has 2 aromatic rings. The fourth-order valence-electron chi connectivity index (χ4n) is 4.34. The van der Waals surface area contributed by atoms with E-state index in [1.807, 2.05) is 35.2 Å². The van der Waals surface area contributed by atoms with Crippen LogP contribution in [0.2, 0.25) is 0 Å². The SMILES string of the molecule is C=C(O)C1=CN2C(=CC1=C)c1c3cccc(CCC(F)F)c3nn1CC2C(C)(C)C. The third kappa shape index (κ3) is 3.34. The molecular formula is C24H27F2N3O. The van der Waals surface area contributed by atoms with Crippen molar-refractivity contribution < 1.29 is 13.9 Å². The van der Waals surface area contributed by atoms with Crippen LogP contribution >= 0.6 is 0 Å². The van der Waals surface area contributed by atoms with Gasteiger partial charge in [0.25, 0.3) is 0 Å². The number of alkyl halides is 2. The van der Waals surface area contributed by atoms with Crippen molar-refractivity contribution in [2.75, 3.05) is 0 Å². The fourth-order valence-corrected chi connectivity index (χ4v) is 4.34. The summed E-state index contributed by atoms with van der Waals surface area (Å²) in [5.74, 6) is -0.0128. The molecule has 2 aliphatic heterocycles. The van der Waals surface area contributed by atoms with Gasteiger partial charge in [-0.25, -0.2) is 8.78 Å². The Morgan fingerprint density at radius 3 is 2.70 bits per heavy atom. The van der Waals surface area contributed by atoms with Gasteiger partial charge in [-0.2, -0.15) is 5.10 Å². The van der Waals surface area contributed by atoms with E-state index in [4.69, 9.17) is 5.10 Å². The summed E-state index contributed by atoms with van der Waals surface area (Å²) in [4.78, 5) is 2.17. The van der Waals surface area contributed by atoms with Crippen molar-refractivity contribution >= 4 is 16.6 Å². The summed E-state index contributed by atoms with van der Waals surface area (Å²) < 4.78 is 27.6. The number of allylic oxidation sites excluding steroid dienone is 2. The third-order valence-electron chi connectivity index (χ3n) is 5.92. The van der Waals surface area contributed by atoms with Crippen LogP contribution in [0.15, 0.2) is 60.5 Å². The number of nitrogens with zero attached hydrogens (tertiary/aromatic N) is 3. The van der Waals surface area contributed by atoms with E-state index in [9.17, 15) is 13.9 Å². The molecular weight excluding hydrogens is 384 g/mol. The monoisotopic (exact) mass is 411 g/mol. The van der Waals surface area contributed by atoms with Crippen LogP contribution in [-0.4, -0.2) is 32.3 Å². The zero-order valence-corrected chi connectivity index (χ0v) is 17.6. The molecule has 0 saturated heterocycles. The van der Waals surface area contributed by atoms with Crippen LogP contribution in [0, 0.1) is 5.41 Å². The topological polar surface area (TPSA) is 41.3 Å². The smallest absolute Gasteiger partial charge is 0.239 e. The van der Waals surface area contributed by atoms with E-state index in [0.29, 0.717) is 17.7 Å². The minimum atomic E-state index is -2.34. The highest BCUT2D eigenvalue weighted by molar-refractivity contribution is 5.94. The van der Waals surface area contributed by atoms with Crippen molar-refractivity contribution in [2.24, 2.45) is 5.41 Å². The van der Waals surface area contributed by atoms with Crippen molar-refractivity contribution in [3.05, 3.63) is 71.8 Å². The molecule has 30 heavy (non-hydrogen) atoms. The summed E-state index contributed by atoms with van der Waals surface area (Å²) in [6.07, 6.45) is 1.64. The third-order valence-corrected chi connectivity index (χ3v) is 5.92. The quantitative estimate of drug-likeness (QED) is 0.644. The Morgan fingerprint density at radius 1 is 1.33 bits per heavy atom. The summed E-state index contributed by atoms with van der Waals surface area (Å²) in [6.45, 7) is 14.9. The first-order valence-corrected chi connectivity index (χ1v) is 10.1. The number of hydrogen-bond acceptors (Lipinski definition) is 3. The number of benzene rings is 1. The average molecular weight is 411 g/mol. The van der Waals surface area contributed by atoms with Crippen LogP contribution in [0.3, 0.4) is 0 Å². The lowest BCUT2D eigenvalue weighted by Gasteiger charge is -2.46. The fraction of sp³-hybridized carbons (Fsp3) is 0.375. The van der Waals surface area contributed by atoms with E-state index in [0.717, 1.165) is 27.9 Å². The molecule has 0 spiro atoms. The maximum absolute atomic E-state index is 12.8. The molecule has 1 aromatic carbocycles. The number of rotatable bonds is 4. The largest absolute Gasteiger partial charge is 0.508 e. The molecule has 6 heteroatoms. The number of aryl methyl sites for hydroxylation is 1. The Morgan fingerprint density at radius 2 is 2.07 bits per heavy atom. The number of aromatic nitrogens is 2. The van der Waals surface area contributed by atoms with Crippen LogP contribution in [0.1, 0.15) is 38.4 Å². The van der Waals surface area contributed by atoms with E-state index in [-0.39, 0.29) is 30.1 Å². The zero-order valence-electron chi connectivity index (χ0n) is 17.6. The number of halogens is 2. The van der Waals surface area contributed by atoms with E-state index < -0.39 is 6.43 Å². The van der Waals surface area contributed by atoms with Crippen LogP contribution in [-0.2, 0) is 13.0 Å². The second kappa shape index (κ2) is 7.11. The van der Waals surface area contributed by atoms with Gasteiger partial charge in [-0.15, -0.1) is 0 Å². The Kier molecular flexibility index (Phi) is 4.83. The maximum Gasteiger partial charge on any atom is 0.239 e. The van der Waals surface area contributed by atoms with Gasteiger partial charge in [0.15, 0.2) is 0 Å². The molecule has 0 aliphatic carbocycles. The molecule has 1 aromatic heterocycles. The molecule has 0 radical (unpaired) electrons. The predicted octanol–water partition coefficient (Wildman–Crippen LogP) is 5.83. The molecule has 4 rings (SSSR count). The van der Waals surface area contributed by atoms with Crippen LogP contribution in [0.5, 0.6) is 0 Å². The molecule has 158 valence electrons. The molecule has 1 unspecified atom stereocenters. The highest BCUT2D eigenvalue weighted by atomic mass is 19.3. The first kappa shape index (κ1) is 20.4. The second-order valence-electron chi connectivity index (χ2n) is 9.11. The van der Waals surface area contributed by atoms with Gasteiger partial charge < -0.3 is 10.0 Å². The molecule has 2 aliphatic rings. The Hall–Kier alpha value is -2.89. The number of hydrogen-bond donors (Lipinski definition) is 1. The molecule has 0 amide bonds. The lowest BCUT2D eigenvalue weighted by Crippen LogP contribution is -2.47. The van der Waals surface area contributed by atoms with Gasteiger partial charge in [-0.3, -0.25) is 4.68 Å². The van der Waals surface area contributed by atoms with E-state index in [1.165, 1.54) is 0 Å². The molecule has 1 N–H and O–H groups in total. The molecule has 0 fully saturated rings. The lowest BCUT2D eigenvalue weighted by atomic mass is 9.82. The van der Waals surface area contributed by atoms with Gasteiger partial charge in [0.1, 0.15) is 5.76 Å². The lowest BCUT2D eigenvalue weighted by molar-refractivity contribution is 0.138. The van der Waals surface area contributed by atoms with Crippen molar-refractivity contribution in [3.63, 3.8) is 0 Å². The summed E-state index contributed by atoms with van der Waals surface area (Å²) in [6, 6.07) is 5.85. The van der Waals surface area contributed by atoms with Gasteiger partial charge in [0.2, 0.25) is 6.43 Å². The van der Waals surface area contributed by atoms with Crippen LogP contribution in [0.25, 0.3) is 16.6 Å². The van der Waals surface area contributed by atoms with Crippen molar-refractivity contribution in [1.82, 2.24) is 14.7 Å². The molecule has 0 saturated carbocycles. The Bertz CT molecular complexity index is 1100. The van der Waals surface area contributed by atoms with Gasteiger partial charge in [-0.05, 0) is 29.0 Å². The zero-order chi connectivity index (χ0) is 21.8. The summed E-state index contributed by atoms with van der Waals surface area (Å²) in [5.41, 5.74) is 4.72. The summed E-state index contributed by atoms with van der Waals surface area (Å²) in [7, 11) is 0. The molecule has 3 heterocycles. The Labute approximate surface area is 175 Å². The Balaban J connectivity index is 1.90. The van der Waals surface area contributed by atoms with E-state index >= 15 is 0 Å². The van der Waals surface area contributed by atoms with Gasteiger partial charge >= 0.3 is 0 Å². The van der Waals surface area contributed by atoms with Gasteiger partial charge in [0.05, 0.1) is 29.5 Å². The van der Waals surface area contributed by atoms with Crippen molar-refractivity contribution in [1.29, 1.82) is 0 Å². The predicted molar refractivity (Wildman–Crippen MR) is 116 cm³/mol. The standard InChI is InChI=1S/C24H27F2N3O/c1-14-11-19-23-17-8-6-7-16(9-10-21(25)26)22(17)27-29(23)13-20(24(3,4)5)28(19)12-18(14)15(2)30/h6-8,11-12,20-21,30H,1-2,9-10,13H2,3-5H3. The first-order chi connectivity index (χ1) is 14.1. The summed E-state index contributed by atoms with van der Waals surface area (Å²) >= 11 is 0. The molecule has 0 bridgehead atoms. The minimum Gasteiger partial charge on any atom is -0.508 e. The van der Waals surface area contributed by atoms with Crippen LogP contribution < -0.4 is 0 Å². The normalized spacial score (nSPS) is 18.9. The number of fused-ring (bicyclic) bond motifs is 5. The highest BCUT2D eigenvalue weighted by Gasteiger charge is 2.39. The maximum atomic E-state index is 12.8. The first-order valence-electron chi connectivity index (χ1n) is 10.1. The van der Waals surface area contributed by atoms with E-state index in [2.05, 4.69) is 38.8 Å². The van der Waals surface area contributed by atoms with Gasteiger partial charge in [-0.1, -0.05) is 52.1 Å². The summed E-state index contributed by atoms with van der Waals surface area (Å²) in [5, 5.41) is 15.8. The van der Waals surface area contributed by atoms with E-state index in [1.54, 1.807) is 0 Å². The molecule has 4 nitrogen and oxygen atoms in total. The second-order valence-corrected chi connectivity index (χ2v) is 9.11. The van der Waals surface area contributed by atoms with Crippen molar-refractivity contribution in [2.45, 2.75) is 52.6 Å².